The van der Waals surface area contributed by atoms with Crippen molar-refractivity contribution in [1.82, 2.24) is 9.97 Å². The molecule has 0 radical (unpaired) electrons. The van der Waals surface area contributed by atoms with Crippen LogP contribution < -0.4 is 10.6 Å². The highest BCUT2D eigenvalue weighted by atomic mass is 35.5. The van der Waals surface area contributed by atoms with E-state index in [4.69, 9.17) is 16.3 Å². The first-order valence-corrected chi connectivity index (χ1v) is 7.18. The highest BCUT2D eigenvalue weighted by Crippen LogP contribution is 2.14. The van der Waals surface area contributed by atoms with Gasteiger partial charge in [-0.2, -0.15) is 0 Å². The van der Waals surface area contributed by atoms with Crippen LogP contribution >= 0.6 is 11.6 Å². The van der Waals surface area contributed by atoms with Crippen LogP contribution in [-0.4, -0.2) is 36.1 Å². The van der Waals surface area contributed by atoms with Gasteiger partial charge >= 0.3 is 0 Å². The third-order valence-electron chi connectivity index (χ3n) is 2.83. The van der Waals surface area contributed by atoms with Gasteiger partial charge in [0.25, 0.3) is 5.91 Å². The number of methoxy groups -OCH3 is 1. The zero-order chi connectivity index (χ0) is 15.8. The SMILES string of the molecule is COCCCNc1cc(C(=O)Nc2ccc(Cl)cc2)ncn1. The summed E-state index contributed by atoms with van der Waals surface area (Å²) in [6.07, 6.45) is 2.21. The summed E-state index contributed by atoms with van der Waals surface area (Å²) in [5.41, 5.74) is 0.946. The van der Waals surface area contributed by atoms with Crippen LogP contribution in [0.4, 0.5) is 11.5 Å². The van der Waals surface area contributed by atoms with E-state index in [0.717, 1.165) is 6.42 Å². The van der Waals surface area contributed by atoms with Gasteiger partial charge in [0.05, 0.1) is 0 Å². The minimum absolute atomic E-state index is 0.291. The molecule has 1 amide bonds. The molecular weight excluding hydrogens is 304 g/mol. The predicted molar refractivity (Wildman–Crippen MR) is 86.4 cm³/mol. The van der Waals surface area contributed by atoms with E-state index in [1.54, 1.807) is 37.4 Å². The van der Waals surface area contributed by atoms with Gasteiger partial charge in [-0.1, -0.05) is 11.6 Å². The maximum atomic E-state index is 12.1. The number of nitrogens with zero attached hydrogens (tertiary/aromatic N) is 2. The zero-order valence-electron chi connectivity index (χ0n) is 12.2. The quantitative estimate of drug-likeness (QED) is 0.767. The monoisotopic (exact) mass is 320 g/mol. The number of anilines is 2. The Hall–Kier alpha value is -2.18. The Balaban J connectivity index is 1.96. The van der Waals surface area contributed by atoms with Gasteiger partial charge in [0, 0.05) is 37.0 Å². The number of aromatic nitrogens is 2. The molecule has 0 saturated heterocycles. The fraction of sp³-hybridized carbons (Fsp3) is 0.267. The average molecular weight is 321 g/mol. The summed E-state index contributed by atoms with van der Waals surface area (Å²) in [5.74, 6) is 0.303. The van der Waals surface area contributed by atoms with Crippen molar-refractivity contribution >= 4 is 29.0 Å². The van der Waals surface area contributed by atoms with Crippen LogP contribution in [0.25, 0.3) is 0 Å². The Morgan fingerprint density at radius 1 is 1.27 bits per heavy atom. The highest BCUT2D eigenvalue weighted by molar-refractivity contribution is 6.30. The maximum absolute atomic E-state index is 12.1. The second kappa shape index (κ2) is 8.31. The van der Waals surface area contributed by atoms with Gasteiger partial charge < -0.3 is 15.4 Å². The molecule has 0 fully saturated rings. The fourth-order valence-corrected chi connectivity index (χ4v) is 1.87. The lowest BCUT2D eigenvalue weighted by atomic mass is 10.3. The molecule has 7 heteroatoms. The number of rotatable bonds is 7. The van der Waals surface area contributed by atoms with Gasteiger partial charge in [-0.3, -0.25) is 4.79 Å². The molecular formula is C15H17ClN4O2. The molecule has 0 spiro atoms. The summed E-state index contributed by atoms with van der Waals surface area (Å²) in [5, 5.41) is 6.48. The topological polar surface area (TPSA) is 76.1 Å². The van der Waals surface area contributed by atoms with Gasteiger partial charge in [0.15, 0.2) is 0 Å². The molecule has 2 N–H and O–H groups in total. The number of amides is 1. The van der Waals surface area contributed by atoms with E-state index in [9.17, 15) is 4.79 Å². The van der Waals surface area contributed by atoms with Crippen LogP contribution in [-0.2, 0) is 4.74 Å². The van der Waals surface area contributed by atoms with E-state index >= 15 is 0 Å². The molecule has 0 bridgehead atoms. The Bertz CT molecular complexity index is 619. The number of hydrogen-bond donors (Lipinski definition) is 2. The Labute approximate surface area is 133 Å². The summed E-state index contributed by atoms with van der Waals surface area (Å²) >= 11 is 5.81. The van der Waals surface area contributed by atoms with Crippen LogP contribution in [0.2, 0.25) is 5.02 Å². The average Bonchev–Trinajstić information content (AvgIpc) is 2.54. The maximum Gasteiger partial charge on any atom is 0.274 e. The van der Waals surface area contributed by atoms with Crippen LogP contribution in [0.3, 0.4) is 0 Å². The van der Waals surface area contributed by atoms with Gasteiger partial charge in [0.1, 0.15) is 17.8 Å². The van der Waals surface area contributed by atoms with Crippen molar-refractivity contribution < 1.29 is 9.53 Å². The molecule has 1 aromatic heterocycles. The molecule has 116 valence electrons. The predicted octanol–water partition coefficient (Wildman–Crippen LogP) is 2.83. The van der Waals surface area contributed by atoms with Crippen LogP contribution in [0.15, 0.2) is 36.7 Å². The lowest BCUT2D eigenvalue weighted by Gasteiger charge is -2.07. The summed E-state index contributed by atoms with van der Waals surface area (Å²) in [4.78, 5) is 20.2. The van der Waals surface area contributed by atoms with Crippen molar-refractivity contribution in [3.63, 3.8) is 0 Å². The van der Waals surface area contributed by atoms with Crippen molar-refractivity contribution in [1.29, 1.82) is 0 Å². The van der Waals surface area contributed by atoms with E-state index in [0.29, 0.717) is 35.4 Å². The fourth-order valence-electron chi connectivity index (χ4n) is 1.74. The number of benzene rings is 1. The summed E-state index contributed by atoms with van der Waals surface area (Å²) in [6, 6.07) is 8.48. The third kappa shape index (κ3) is 4.98. The number of hydrogen-bond acceptors (Lipinski definition) is 5. The largest absolute Gasteiger partial charge is 0.385 e. The second-order valence-electron chi connectivity index (χ2n) is 4.52. The lowest BCUT2D eigenvalue weighted by molar-refractivity contribution is 0.102. The van der Waals surface area contributed by atoms with Gasteiger partial charge in [0.2, 0.25) is 0 Å². The van der Waals surface area contributed by atoms with Crippen LogP contribution in [0.5, 0.6) is 0 Å². The molecule has 2 aromatic rings. The number of ether oxygens (including phenoxy) is 1. The molecule has 1 heterocycles. The minimum atomic E-state index is -0.301. The van der Waals surface area contributed by atoms with Crippen LogP contribution in [0.1, 0.15) is 16.9 Å². The van der Waals surface area contributed by atoms with Crippen molar-refractivity contribution in [2.75, 3.05) is 30.9 Å². The molecule has 0 unspecified atom stereocenters. The second-order valence-corrected chi connectivity index (χ2v) is 4.96. The van der Waals surface area contributed by atoms with E-state index in [-0.39, 0.29) is 5.91 Å². The number of halogens is 1. The van der Waals surface area contributed by atoms with Crippen molar-refractivity contribution in [3.8, 4) is 0 Å². The van der Waals surface area contributed by atoms with Gasteiger partial charge in [-0.25, -0.2) is 9.97 Å². The van der Waals surface area contributed by atoms with Gasteiger partial charge in [-0.05, 0) is 30.7 Å². The smallest absolute Gasteiger partial charge is 0.274 e. The minimum Gasteiger partial charge on any atom is -0.385 e. The van der Waals surface area contributed by atoms with E-state index in [1.807, 2.05) is 0 Å². The first kappa shape index (κ1) is 16.2. The van der Waals surface area contributed by atoms with Crippen molar-refractivity contribution in [2.24, 2.45) is 0 Å². The summed E-state index contributed by atoms with van der Waals surface area (Å²) < 4.78 is 4.97. The standard InChI is InChI=1S/C15H17ClN4O2/c1-22-8-2-7-17-14-9-13(18-10-19-14)15(21)20-12-5-3-11(16)4-6-12/h3-6,9-10H,2,7-8H2,1H3,(H,20,21)(H,17,18,19). The normalized spacial score (nSPS) is 10.3. The van der Waals surface area contributed by atoms with E-state index in [2.05, 4.69) is 20.6 Å². The molecule has 22 heavy (non-hydrogen) atoms. The first-order chi connectivity index (χ1) is 10.7. The molecule has 0 aliphatic heterocycles. The zero-order valence-corrected chi connectivity index (χ0v) is 12.9. The van der Waals surface area contributed by atoms with Crippen molar-refractivity contribution in [3.05, 3.63) is 47.4 Å². The number of carbonyl (C=O) groups excluding carboxylic acids is 1. The summed E-state index contributed by atoms with van der Waals surface area (Å²) in [6.45, 7) is 1.38. The van der Waals surface area contributed by atoms with Crippen molar-refractivity contribution in [2.45, 2.75) is 6.42 Å². The van der Waals surface area contributed by atoms with E-state index in [1.165, 1.54) is 6.33 Å². The molecule has 0 atom stereocenters. The number of carbonyl (C=O) groups is 1. The Morgan fingerprint density at radius 2 is 2.05 bits per heavy atom. The molecule has 2 rings (SSSR count). The van der Waals surface area contributed by atoms with E-state index < -0.39 is 0 Å². The first-order valence-electron chi connectivity index (χ1n) is 6.81. The Kier molecular flexibility index (Phi) is 6.12. The van der Waals surface area contributed by atoms with Gasteiger partial charge in [-0.15, -0.1) is 0 Å². The molecule has 6 nitrogen and oxygen atoms in total. The Morgan fingerprint density at radius 3 is 2.77 bits per heavy atom. The molecule has 0 aliphatic rings. The summed E-state index contributed by atoms with van der Waals surface area (Å²) in [7, 11) is 1.66. The third-order valence-corrected chi connectivity index (χ3v) is 3.09. The van der Waals surface area contributed by atoms with Crippen LogP contribution in [0, 0.1) is 0 Å². The highest BCUT2D eigenvalue weighted by Gasteiger charge is 2.09. The number of nitrogens with one attached hydrogen (secondary N) is 2. The molecule has 0 saturated carbocycles. The lowest BCUT2D eigenvalue weighted by Crippen LogP contribution is -2.15. The molecule has 0 aliphatic carbocycles. The molecule has 1 aromatic carbocycles.